The molecule has 0 unspecified atom stereocenters. The molecule has 1 aliphatic heterocycles. The van der Waals surface area contributed by atoms with Crippen LogP contribution in [0.2, 0.25) is 0 Å². The van der Waals surface area contributed by atoms with Gasteiger partial charge in [-0.2, -0.15) is 0 Å². The predicted octanol–water partition coefficient (Wildman–Crippen LogP) is 0.292. The maximum Gasteiger partial charge on any atom is 0.326 e. The van der Waals surface area contributed by atoms with Gasteiger partial charge < -0.3 is 15.1 Å². The van der Waals surface area contributed by atoms with E-state index < -0.39 is 30.1 Å². The Labute approximate surface area is 123 Å². The van der Waals surface area contributed by atoms with E-state index in [1.54, 1.807) is 6.92 Å². The number of nitrogens with one attached hydrogen (secondary N) is 1. The van der Waals surface area contributed by atoms with Gasteiger partial charge in [0.2, 0.25) is 5.91 Å². The van der Waals surface area contributed by atoms with E-state index in [-0.39, 0.29) is 17.9 Å². The van der Waals surface area contributed by atoms with Crippen LogP contribution in [-0.2, 0) is 14.4 Å². The number of aliphatic carboxylic acids is 2. The Morgan fingerprint density at radius 1 is 1.14 bits per heavy atom. The number of carboxylic acid groups (broad SMARTS) is 2. The summed E-state index contributed by atoms with van der Waals surface area (Å²) < 4.78 is 0. The molecule has 5 atom stereocenters. The van der Waals surface area contributed by atoms with E-state index in [4.69, 9.17) is 5.11 Å². The number of likely N-dealkylation sites (tertiary alicyclic amines) is 1. The van der Waals surface area contributed by atoms with Gasteiger partial charge in [0.1, 0.15) is 12.1 Å². The molecule has 21 heavy (non-hydrogen) atoms. The Hall–Kier alpha value is -1.63. The monoisotopic (exact) mass is 298 g/mol. The molecule has 1 amide bonds. The first kappa shape index (κ1) is 15.8. The predicted molar refractivity (Wildman–Crippen MR) is 73.7 cm³/mol. The summed E-state index contributed by atoms with van der Waals surface area (Å²) in [6.45, 7) is 3.05. The summed E-state index contributed by atoms with van der Waals surface area (Å²) >= 11 is 0. The third-order valence-electron chi connectivity index (χ3n) is 4.62. The summed E-state index contributed by atoms with van der Waals surface area (Å²) in [6.07, 6.45) is 3.32. The molecule has 7 heteroatoms. The lowest BCUT2D eigenvalue weighted by atomic mass is 10.0. The van der Waals surface area contributed by atoms with Gasteiger partial charge in [0, 0.05) is 6.04 Å². The highest BCUT2D eigenvalue weighted by atomic mass is 16.4. The highest BCUT2D eigenvalue weighted by Crippen LogP contribution is 2.41. The molecule has 1 heterocycles. The van der Waals surface area contributed by atoms with Gasteiger partial charge in [-0.05, 0) is 39.0 Å². The average molecular weight is 298 g/mol. The molecular weight excluding hydrogens is 276 g/mol. The number of carbonyl (C=O) groups excluding carboxylic acids is 1. The fraction of sp³-hybridized carbons (Fsp3) is 0.786. The van der Waals surface area contributed by atoms with Crippen molar-refractivity contribution in [3.63, 3.8) is 0 Å². The van der Waals surface area contributed by atoms with Crippen LogP contribution in [-0.4, -0.2) is 57.1 Å². The molecular formula is C14H22N2O5. The van der Waals surface area contributed by atoms with E-state index in [2.05, 4.69) is 5.32 Å². The normalized spacial score (nSPS) is 30.8. The fourth-order valence-corrected chi connectivity index (χ4v) is 3.57. The standard InChI is InChI=1S/C14H22N2O5/c1-7(15-8(2)13(18)19)12(17)16-10-5-3-4-9(10)6-11(16)14(20)21/h7-11,15H,3-6H2,1-2H3,(H,18,19)(H,20,21)/t7-,8-,9-,10-,11-/m0/s1. The van der Waals surface area contributed by atoms with Gasteiger partial charge in [0.25, 0.3) is 0 Å². The molecule has 0 aromatic heterocycles. The fourth-order valence-electron chi connectivity index (χ4n) is 3.57. The molecule has 118 valence electrons. The van der Waals surface area contributed by atoms with E-state index in [9.17, 15) is 19.5 Å². The van der Waals surface area contributed by atoms with Gasteiger partial charge in [-0.25, -0.2) is 4.79 Å². The first-order chi connectivity index (χ1) is 9.82. The highest BCUT2D eigenvalue weighted by molar-refractivity contribution is 5.88. The number of hydrogen-bond donors (Lipinski definition) is 3. The van der Waals surface area contributed by atoms with Gasteiger partial charge >= 0.3 is 11.9 Å². The lowest BCUT2D eigenvalue weighted by molar-refractivity contribution is -0.151. The molecule has 0 aromatic rings. The van der Waals surface area contributed by atoms with Crippen LogP contribution in [0.15, 0.2) is 0 Å². The van der Waals surface area contributed by atoms with Crippen molar-refractivity contribution in [2.45, 2.75) is 63.7 Å². The van der Waals surface area contributed by atoms with Gasteiger partial charge in [-0.15, -0.1) is 0 Å². The molecule has 2 rings (SSSR count). The van der Waals surface area contributed by atoms with Gasteiger partial charge in [0.05, 0.1) is 6.04 Å². The van der Waals surface area contributed by atoms with Crippen LogP contribution in [0.25, 0.3) is 0 Å². The zero-order valence-electron chi connectivity index (χ0n) is 12.3. The van der Waals surface area contributed by atoms with Crippen molar-refractivity contribution in [3.05, 3.63) is 0 Å². The summed E-state index contributed by atoms with van der Waals surface area (Å²) in [7, 11) is 0. The summed E-state index contributed by atoms with van der Waals surface area (Å²) in [6, 6.07) is -2.35. The average Bonchev–Trinajstić information content (AvgIpc) is 2.97. The number of rotatable bonds is 5. The smallest absolute Gasteiger partial charge is 0.326 e. The van der Waals surface area contributed by atoms with Crippen LogP contribution >= 0.6 is 0 Å². The molecule has 7 nitrogen and oxygen atoms in total. The quantitative estimate of drug-likeness (QED) is 0.673. The summed E-state index contributed by atoms with van der Waals surface area (Å²) in [5, 5.41) is 20.9. The van der Waals surface area contributed by atoms with Crippen LogP contribution in [0.3, 0.4) is 0 Å². The Balaban J connectivity index is 2.11. The SMILES string of the molecule is C[C@H](N[C@@H](C)C(=O)N1[C@H](C(=O)O)C[C@@H]2CCC[C@@H]21)C(=O)O. The van der Waals surface area contributed by atoms with Gasteiger partial charge in [-0.1, -0.05) is 6.42 Å². The van der Waals surface area contributed by atoms with Gasteiger partial charge in [0.15, 0.2) is 0 Å². The van der Waals surface area contributed by atoms with Crippen LogP contribution in [0.5, 0.6) is 0 Å². The number of fused-ring (bicyclic) bond motifs is 1. The first-order valence-electron chi connectivity index (χ1n) is 7.36. The second-order valence-electron chi connectivity index (χ2n) is 6.04. The minimum absolute atomic E-state index is 0.0111. The van der Waals surface area contributed by atoms with E-state index in [1.165, 1.54) is 11.8 Å². The Morgan fingerprint density at radius 2 is 1.81 bits per heavy atom. The van der Waals surface area contributed by atoms with Crippen molar-refractivity contribution < 1.29 is 24.6 Å². The lowest BCUT2D eigenvalue weighted by Gasteiger charge is -2.31. The number of hydrogen-bond acceptors (Lipinski definition) is 4. The highest BCUT2D eigenvalue weighted by Gasteiger charge is 2.49. The molecule has 1 saturated carbocycles. The second-order valence-corrected chi connectivity index (χ2v) is 6.04. The maximum atomic E-state index is 12.6. The van der Waals surface area contributed by atoms with Crippen molar-refractivity contribution in [2.24, 2.45) is 5.92 Å². The maximum absolute atomic E-state index is 12.6. The van der Waals surface area contributed by atoms with Gasteiger partial charge in [-0.3, -0.25) is 14.9 Å². The minimum Gasteiger partial charge on any atom is -0.480 e. The number of amides is 1. The van der Waals surface area contributed by atoms with Crippen LogP contribution in [0.1, 0.15) is 39.5 Å². The Morgan fingerprint density at radius 3 is 2.38 bits per heavy atom. The molecule has 1 saturated heterocycles. The van der Waals surface area contributed by atoms with Crippen molar-refractivity contribution in [1.29, 1.82) is 0 Å². The lowest BCUT2D eigenvalue weighted by Crippen LogP contribution is -2.54. The molecule has 0 aromatic carbocycles. The molecule has 0 bridgehead atoms. The Kier molecular flexibility index (Phi) is 4.51. The summed E-state index contributed by atoms with van der Waals surface area (Å²) in [5.74, 6) is -2.06. The Bertz CT molecular complexity index is 453. The molecule has 1 aliphatic carbocycles. The minimum atomic E-state index is -1.04. The van der Waals surface area contributed by atoms with Crippen LogP contribution < -0.4 is 5.32 Å². The van der Waals surface area contributed by atoms with Crippen molar-refractivity contribution in [1.82, 2.24) is 10.2 Å². The van der Waals surface area contributed by atoms with E-state index in [1.807, 2.05) is 0 Å². The van der Waals surface area contributed by atoms with E-state index in [0.29, 0.717) is 6.42 Å². The molecule has 2 fully saturated rings. The molecule has 3 N–H and O–H groups in total. The number of carbonyl (C=O) groups is 3. The molecule has 0 radical (unpaired) electrons. The van der Waals surface area contributed by atoms with Crippen molar-refractivity contribution in [3.8, 4) is 0 Å². The zero-order chi connectivity index (χ0) is 15.7. The first-order valence-corrected chi connectivity index (χ1v) is 7.36. The summed E-state index contributed by atoms with van der Waals surface area (Å²) in [4.78, 5) is 36.3. The number of nitrogens with zero attached hydrogens (tertiary/aromatic N) is 1. The topological polar surface area (TPSA) is 107 Å². The third kappa shape index (κ3) is 3.02. The molecule has 2 aliphatic rings. The van der Waals surface area contributed by atoms with E-state index in [0.717, 1.165) is 19.3 Å². The van der Waals surface area contributed by atoms with E-state index >= 15 is 0 Å². The number of carboxylic acids is 2. The third-order valence-corrected chi connectivity index (χ3v) is 4.62. The largest absolute Gasteiger partial charge is 0.480 e. The molecule has 0 spiro atoms. The van der Waals surface area contributed by atoms with Crippen molar-refractivity contribution in [2.75, 3.05) is 0 Å². The van der Waals surface area contributed by atoms with Crippen LogP contribution in [0, 0.1) is 5.92 Å². The van der Waals surface area contributed by atoms with Crippen LogP contribution in [0.4, 0.5) is 0 Å². The zero-order valence-corrected chi connectivity index (χ0v) is 12.3. The summed E-state index contributed by atoms with van der Waals surface area (Å²) in [5.41, 5.74) is 0. The second kappa shape index (κ2) is 6.01. The van der Waals surface area contributed by atoms with Crippen molar-refractivity contribution >= 4 is 17.8 Å².